The molecule has 3 aromatic rings. The molecule has 0 saturated heterocycles. The second kappa shape index (κ2) is 10.9. The molecule has 11 heteroatoms. The molecule has 0 heterocycles. The van der Waals surface area contributed by atoms with E-state index in [0.29, 0.717) is 10.0 Å². The van der Waals surface area contributed by atoms with Gasteiger partial charge in [0, 0.05) is 0 Å². The van der Waals surface area contributed by atoms with E-state index in [1.54, 1.807) is 36.4 Å². The van der Waals surface area contributed by atoms with Crippen LogP contribution in [-0.2, 0) is 14.8 Å². The number of aromatic hydroxyl groups is 1. The summed E-state index contributed by atoms with van der Waals surface area (Å²) in [7, 11) is -2.69. The molecule has 0 atom stereocenters. The summed E-state index contributed by atoms with van der Waals surface area (Å²) >= 11 is 9.47. The number of nitrogens with one attached hydrogen (secondary N) is 1. The van der Waals surface area contributed by atoms with Gasteiger partial charge >= 0.3 is 0 Å². The largest absolute Gasteiger partial charge is 0.503 e. The van der Waals surface area contributed by atoms with E-state index in [2.05, 4.69) is 26.5 Å². The van der Waals surface area contributed by atoms with Crippen molar-refractivity contribution < 1.29 is 23.1 Å². The zero-order chi connectivity index (χ0) is 24.9. The van der Waals surface area contributed by atoms with E-state index >= 15 is 0 Å². The van der Waals surface area contributed by atoms with Gasteiger partial charge in [0.05, 0.1) is 33.4 Å². The highest BCUT2D eigenvalue weighted by Crippen LogP contribution is 2.34. The van der Waals surface area contributed by atoms with Gasteiger partial charge in [-0.1, -0.05) is 41.4 Å². The number of hydrazone groups is 1. The summed E-state index contributed by atoms with van der Waals surface area (Å²) in [6, 6.07) is 15.7. The zero-order valence-corrected chi connectivity index (χ0v) is 21.4. The molecule has 0 saturated carbocycles. The number of benzene rings is 3. The third-order valence-electron chi connectivity index (χ3n) is 4.69. The number of phenolic OH excluding ortho intramolecular Hbond substituents is 1. The number of hydrogen-bond donors (Lipinski definition) is 2. The van der Waals surface area contributed by atoms with Crippen LogP contribution in [0.4, 0.5) is 5.69 Å². The number of halogens is 2. The molecule has 3 aromatic carbocycles. The van der Waals surface area contributed by atoms with Crippen LogP contribution in [0.1, 0.15) is 11.1 Å². The van der Waals surface area contributed by atoms with Crippen LogP contribution in [0.15, 0.2) is 75.1 Å². The summed E-state index contributed by atoms with van der Waals surface area (Å²) in [6.07, 6.45) is 1.33. The van der Waals surface area contributed by atoms with Gasteiger partial charge in [0.1, 0.15) is 6.54 Å². The number of nitrogens with zero attached hydrogens (tertiary/aromatic N) is 2. The Morgan fingerprint density at radius 3 is 2.53 bits per heavy atom. The smallest absolute Gasteiger partial charge is 0.264 e. The summed E-state index contributed by atoms with van der Waals surface area (Å²) in [6.45, 7) is 1.29. The molecule has 0 fully saturated rings. The first kappa shape index (κ1) is 25.5. The lowest BCUT2D eigenvalue weighted by Gasteiger charge is -2.24. The number of methoxy groups -OCH3 is 1. The van der Waals surface area contributed by atoms with Crippen LogP contribution in [0.2, 0.25) is 5.02 Å². The monoisotopic (exact) mass is 565 g/mol. The molecule has 8 nitrogen and oxygen atoms in total. The van der Waals surface area contributed by atoms with Gasteiger partial charge in [0.15, 0.2) is 11.5 Å². The Hall–Kier alpha value is -3.08. The van der Waals surface area contributed by atoms with E-state index in [1.807, 2.05) is 6.92 Å². The quantitative estimate of drug-likeness (QED) is 0.309. The van der Waals surface area contributed by atoms with Gasteiger partial charge in [-0.05, 0) is 64.8 Å². The number of sulfonamides is 1. The number of carbonyl (C=O) groups excluding carboxylic acids is 1. The number of amides is 1. The molecule has 0 aliphatic rings. The number of para-hydroxylation sites is 1. The molecule has 0 aromatic heterocycles. The Kier molecular flexibility index (Phi) is 8.19. The third kappa shape index (κ3) is 5.88. The maximum absolute atomic E-state index is 13.4. The van der Waals surface area contributed by atoms with Crippen LogP contribution in [0.5, 0.6) is 11.5 Å². The molecule has 0 spiro atoms. The standard InChI is InChI=1S/C23H21BrClN3O5S/c1-15-7-9-17(10-8-15)34(31,32)28(20-6-4-3-5-19(20)25)14-22(29)27-26-13-16-11-18(24)23(30)21(12-16)33-2/h3-13,30H,14H2,1-2H3,(H,27,29)/b26-13-. The van der Waals surface area contributed by atoms with Gasteiger partial charge in [-0.15, -0.1) is 0 Å². The minimum Gasteiger partial charge on any atom is -0.503 e. The van der Waals surface area contributed by atoms with Crippen molar-refractivity contribution in [2.24, 2.45) is 5.10 Å². The van der Waals surface area contributed by atoms with Crippen LogP contribution in [0.25, 0.3) is 0 Å². The molecule has 0 aliphatic heterocycles. The normalized spacial score (nSPS) is 11.4. The van der Waals surface area contributed by atoms with Crippen molar-refractivity contribution in [3.8, 4) is 11.5 Å². The average molecular weight is 567 g/mol. The minimum absolute atomic E-state index is 0.0235. The first-order valence-electron chi connectivity index (χ1n) is 9.86. The lowest BCUT2D eigenvalue weighted by molar-refractivity contribution is -0.119. The molecule has 0 aliphatic carbocycles. The summed E-state index contributed by atoms with van der Waals surface area (Å²) in [4.78, 5) is 12.7. The Balaban J connectivity index is 1.85. The van der Waals surface area contributed by atoms with Gasteiger partial charge in [0.25, 0.3) is 15.9 Å². The van der Waals surface area contributed by atoms with Gasteiger partial charge < -0.3 is 9.84 Å². The Morgan fingerprint density at radius 2 is 1.88 bits per heavy atom. The lowest BCUT2D eigenvalue weighted by atomic mass is 10.2. The number of hydrogen-bond acceptors (Lipinski definition) is 6. The summed E-state index contributed by atoms with van der Waals surface area (Å²) in [5.41, 5.74) is 3.90. The molecule has 0 radical (unpaired) electrons. The lowest BCUT2D eigenvalue weighted by Crippen LogP contribution is -2.39. The number of phenols is 1. The molecule has 178 valence electrons. The van der Waals surface area contributed by atoms with E-state index in [-0.39, 0.29) is 27.1 Å². The zero-order valence-electron chi connectivity index (χ0n) is 18.2. The van der Waals surface area contributed by atoms with Crippen molar-refractivity contribution in [3.05, 3.63) is 81.3 Å². The van der Waals surface area contributed by atoms with Crippen molar-refractivity contribution in [1.29, 1.82) is 0 Å². The Bertz CT molecular complexity index is 1330. The van der Waals surface area contributed by atoms with Crippen molar-refractivity contribution in [2.75, 3.05) is 18.0 Å². The maximum Gasteiger partial charge on any atom is 0.264 e. The molecule has 3 rings (SSSR count). The fraction of sp³-hybridized carbons (Fsp3) is 0.130. The summed E-state index contributed by atoms with van der Waals surface area (Å²) in [5, 5.41) is 14.0. The van der Waals surface area contributed by atoms with Crippen molar-refractivity contribution >= 4 is 55.4 Å². The van der Waals surface area contributed by atoms with E-state index in [4.69, 9.17) is 16.3 Å². The van der Waals surface area contributed by atoms with Crippen molar-refractivity contribution in [1.82, 2.24) is 5.43 Å². The predicted molar refractivity (Wildman–Crippen MR) is 135 cm³/mol. The van der Waals surface area contributed by atoms with E-state index < -0.39 is 22.5 Å². The second-order valence-corrected chi connectivity index (χ2v) is 10.2. The van der Waals surface area contributed by atoms with E-state index in [9.17, 15) is 18.3 Å². The fourth-order valence-electron chi connectivity index (χ4n) is 2.96. The van der Waals surface area contributed by atoms with Crippen LogP contribution in [0, 0.1) is 6.92 Å². The number of anilines is 1. The van der Waals surface area contributed by atoms with Gasteiger partial charge in [0.2, 0.25) is 0 Å². The van der Waals surface area contributed by atoms with Gasteiger partial charge in [-0.3, -0.25) is 9.10 Å². The molecule has 0 bridgehead atoms. The van der Waals surface area contributed by atoms with Crippen molar-refractivity contribution in [2.45, 2.75) is 11.8 Å². The van der Waals surface area contributed by atoms with Crippen LogP contribution in [-0.4, -0.2) is 39.3 Å². The number of rotatable bonds is 8. The Morgan fingerprint density at radius 1 is 1.21 bits per heavy atom. The SMILES string of the molecule is COc1cc(/C=N\NC(=O)CN(c2ccccc2Cl)S(=O)(=O)c2ccc(C)cc2)cc(Br)c1O. The topological polar surface area (TPSA) is 108 Å². The molecule has 1 amide bonds. The van der Waals surface area contributed by atoms with Crippen LogP contribution < -0.4 is 14.5 Å². The first-order chi connectivity index (χ1) is 16.1. The minimum atomic E-state index is -4.10. The highest BCUT2D eigenvalue weighted by atomic mass is 79.9. The van der Waals surface area contributed by atoms with Crippen LogP contribution in [0.3, 0.4) is 0 Å². The highest BCUT2D eigenvalue weighted by molar-refractivity contribution is 9.10. The second-order valence-electron chi connectivity index (χ2n) is 7.12. The molecule has 0 unspecified atom stereocenters. The first-order valence-corrected chi connectivity index (χ1v) is 12.5. The van der Waals surface area contributed by atoms with Crippen LogP contribution >= 0.6 is 27.5 Å². The third-order valence-corrected chi connectivity index (χ3v) is 7.39. The number of carbonyl (C=O) groups is 1. The summed E-state index contributed by atoms with van der Waals surface area (Å²) < 4.78 is 33.1. The van der Waals surface area contributed by atoms with E-state index in [1.165, 1.54) is 37.6 Å². The summed E-state index contributed by atoms with van der Waals surface area (Å²) in [5.74, 6) is -0.534. The average Bonchev–Trinajstić information content (AvgIpc) is 2.80. The van der Waals surface area contributed by atoms with Gasteiger partial charge in [-0.25, -0.2) is 13.8 Å². The fourth-order valence-corrected chi connectivity index (χ4v) is 5.15. The molecular weight excluding hydrogens is 546 g/mol. The molecular formula is C23H21BrClN3O5S. The number of ether oxygens (including phenoxy) is 1. The van der Waals surface area contributed by atoms with Gasteiger partial charge in [-0.2, -0.15) is 5.10 Å². The van der Waals surface area contributed by atoms with Crippen molar-refractivity contribution in [3.63, 3.8) is 0 Å². The predicted octanol–water partition coefficient (Wildman–Crippen LogP) is 4.47. The van der Waals surface area contributed by atoms with E-state index in [0.717, 1.165) is 9.87 Å². The maximum atomic E-state index is 13.4. The Labute approximate surface area is 211 Å². The number of aryl methyl sites for hydroxylation is 1. The molecule has 2 N–H and O–H groups in total. The highest BCUT2D eigenvalue weighted by Gasteiger charge is 2.28. The molecule has 34 heavy (non-hydrogen) atoms.